The Morgan fingerprint density at radius 2 is 1.09 bits per heavy atom. The van der Waals surface area contributed by atoms with Crippen molar-refractivity contribution >= 4 is 56.0 Å². The molecule has 0 aliphatic heterocycles. The Balaban J connectivity index is 5.84. The second-order valence-electron chi connectivity index (χ2n) is 11.0. The molecule has 0 unspecified atom stereocenters. The Bertz CT molecular complexity index is 425. The van der Waals surface area contributed by atoms with Gasteiger partial charge >= 0.3 is 165 Å². The molecule has 0 N–H and O–H groups in total. The third kappa shape index (κ3) is 6.45. The predicted octanol–water partition coefficient (Wildman–Crippen LogP) is 5.96. The van der Waals surface area contributed by atoms with Gasteiger partial charge in [-0.05, 0) is 0 Å². The molecule has 0 aliphatic carbocycles. The van der Waals surface area contributed by atoms with E-state index in [1.54, 1.807) is 0 Å². The van der Waals surface area contributed by atoms with Gasteiger partial charge < -0.3 is 0 Å². The number of hydrogen-bond acceptors (Lipinski definition) is 1. The van der Waals surface area contributed by atoms with Gasteiger partial charge in [0.05, 0.1) is 0 Å². The summed E-state index contributed by atoms with van der Waals surface area (Å²) in [6, 6.07) is 0. The Labute approximate surface area is 164 Å². The SMILES string of the molecule is CC(C)(C)SC[Si]([Si](=[Ge])[Si](C)(C)C(C)(C)C)[Si](C)(C)C(C)(C)C. The average molecular weight is 463 g/mol. The summed E-state index contributed by atoms with van der Waals surface area (Å²) in [6.45, 7) is 33.2. The maximum atomic E-state index is 2.75. The maximum absolute atomic E-state index is 2.75. The van der Waals surface area contributed by atoms with Crippen LogP contribution in [-0.2, 0) is 0 Å². The molecule has 0 aromatic rings. The standard InChI is InChI=1S/C17H41GeSSi4/c1-15(2,3)19-14-20(22(10,11)16(4,5)6)21(18)23(12,13)17(7,8)9/h14H2,1-13H3. The van der Waals surface area contributed by atoms with E-state index in [9.17, 15) is 0 Å². The molecule has 3 radical (unpaired) electrons. The zero-order valence-electron chi connectivity index (χ0n) is 18.1. The third-order valence-electron chi connectivity index (χ3n) is 6.08. The molecule has 0 nitrogen and oxygen atoms in total. The molecule has 0 spiro atoms. The Kier molecular flexibility index (Phi) is 8.38. The first-order valence-electron chi connectivity index (χ1n) is 8.85. The number of hydrogen-bond donors (Lipinski definition) is 0. The molecule has 0 fully saturated rings. The van der Waals surface area contributed by atoms with Gasteiger partial charge in [0.15, 0.2) is 0 Å². The molecule has 23 heavy (non-hydrogen) atoms. The quantitative estimate of drug-likeness (QED) is 0.454. The van der Waals surface area contributed by atoms with Crippen molar-refractivity contribution in [1.29, 1.82) is 0 Å². The van der Waals surface area contributed by atoms with Crippen LogP contribution in [0.25, 0.3) is 0 Å². The molecule has 0 amide bonds. The van der Waals surface area contributed by atoms with E-state index in [-0.39, 0.29) is 13.7 Å². The first-order chi connectivity index (χ1) is 9.75. The fourth-order valence-corrected chi connectivity index (χ4v) is 91.2. The van der Waals surface area contributed by atoms with E-state index >= 15 is 0 Å². The Morgan fingerprint density at radius 1 is 0.739 bits per heavy atom. The molecule has 0 atom stereocenters. The molecule has 0 aliphatic rings. The van der Waals surface area contributed by atoms with E-state index in [1.165, 1.54) is 5.38 Å². The summed E-state index contributed by atoms with van der Waals surface area (Å²) in [5.74, 6) is -0.241. The monoisotopic (exact) mass is 463 g/mol. The molecule has 0 saturated heterocycles. The van der Waals surface area contributed by atoms with Crippen LogP contribution in [-0.4, -0.2) is 54.4 Å². The van der Waals surface area contributed by atoms with Crippen molar-refractivity contribution in [3.05, 3.63) is 0 Å². The summed E-state index contributed by atoms with van der Waals surface area (Å²) in [7, 11) is -2.68. The third-order valence-corrected chi connectivity index (χ3v) is 77.4. The van der Waals surface area contributed by atoms with Crippen LogP contribution in [0.2, 0.25) is 36.3 Å². The van der Waals surface area contributed by atoms with Gasteiger partial charge in [0.25, 0.3) is 0 Å². The number of rotatable bonds is 5. The van der Waals surface area contributed by atoms with Crippen LogP contribution in [0.15, 0.2) is 0 Å². The molecule has 0 aromatic heterocycles. The van der Waals surface area contributed by atoms with Crippen LogP contribution in [0, 0.1) is 0 Å². The van der Waals surface area contributed by atoms with E-state index in [2.05, 4.69) is 116 Å². The van der Waals surface area contributed by atoms with Gasteiger partial charge in [0, 0.05) is 0 Å². The van der Waals surface area contributed by atoms with Gasteiger partial charge in [-0.3, -0.25) is 0 Å². The summed E-state index contributed by atoms with van der Waals surface area (Å²) in [5.41, 5.74) is 0. The topological polar surface area (TPSA) is 0 Å². The summed E-state index contributed by atoms with van der Waals surface area (Å²) >= 11 is 5.02. The fraction of sp³-hybridized carbons (Fsp3) is 1.00. The first-order valence-corrected chi connectivity index (χ1v) is 25.2. The van der Waals surface area contributed by atoms with Crippen LogP contribution in [0.3, 0.4) is 0 Å². The van der Waals surface area contributed by atoms with Crippen LogP contribution >= 0.6 is 11.8 Å². The van der Waals surface area contributed by atoms with Gasteiger partial charge in [-0.1, -0.05) is 0 Å². The molecule has 0 rings (SSSR count). The van der Waals surface area contributed by atoms with E-state index in [0.717, 1.165) is 0 Å². The normalized spacial score (nSPS) is 15.2. The summed E-state index contributed by atoms with van der Waals surface area (Å²) < 4.78 is 0.411. The van der Waals surface area contributed by atoms with Crippen molar-refractivity contribution in [2.24, 2.45) is 0 Å². The number of thioether (sulfide) groups is 1. The molecule has 0 aromatic carbocycles. The van der Waals surface area contributed by atoms with Crippen LogP contribution in [0.1, 0.15) is 62.3 Å². The van der Waals surface area contributed by atoms with Gasteiger partial charge in [-0.25, -0.2) is 0 Å². The van der Waals surface area contributed by atoms with Crippen molar-refractivity contribution in [3.63, 3.8) is 0 Å². The van der Waals surface area contributed by atoms with Crippen molar-refractivity contribution in [2.75, 3.05) is 5.38 Å². The summed E-state index contributed by atoms with van der Waals surface area (Å²) in [5, 5.41) is 2.57. The first kappa shape index (κ1) is 24.8. The fourth-order valence-electron chi connectivity index (χ4n) is 2.06. The Hall–Kier alpha value is 1.76. The minimum atomic E-state index is -1.22. The van der Waals surface area contributed by atoms with Crippen molar-refractivity contribution in [1.82, 2.24) is 0 Å². The molecule has 135 valence electrons. The average Bonchev–Trinajstić information content (AvgIpc) is 2.23. The molecular formula is C17H41GeSSi4. The van der Waals surface area contributed by atoms with Gasteiger partial charge in [-0.2, -0.15) is 0 Å². The van der Waals surface area contributed by atoms with Crippen LogP contribution in [0.5, 0.6) is 0 Å². The van der Waals surface area contributed by atoms with E-state index in [4.69, 9.17) is 0 Å². The zero-order valence-corrected chi connectivity index (χ0v) is 25.0. The zero-order chi connectivity index (χ0) is 19.1. The molecular weight excluding hydrogens is 421 g/mol. The van der Waals surface area contributed by atoms with E-state index in [1.807, 2.05) is 0 Å². The van der Waals surface area contributed by atoms with Crippen LogP contribution < -0.4 is 0 Å². The predicted molar refractivity (Wildman–Crippen MR) is 124 cm³/mol. The van der Waals surface area contributed by atoms with E-state index < -0.39 is 15.2 Å². The second-order valence-corrected chi connectivity index (χ2v) is 51.4. The van der Waals surface area contributed by atoms with Crippen molar-refractivity contribution in [2.45, 2.75) is 103 Å². The van der Waals surface area contributed by atoms with Crippen molar-refractivity contribution in [3.8, 4) is 0 Å². The minimum absolute atomic E-state index is 0.241. The molecule has 0 saturated carbocycles. The van der Waals surface area contributed by atoms with E-state index in [0.29, 0.717) is 14.8 Å². The van der Waals surface area contributed by atoms with Gasteiger partial charge in [-0.15, -0.1) is 0 Å². The molecule has 0 bridgehead atoms. The van der Waals surface area contributed by atoms with Gasteiger partial charge in [0.1, 0.15) is 0 Å². The van der Waals surface area contributed by atoms with Gasteiger partial charge in [0.2, 0.25) is 0 Å². The second kappa shape index (κ2) is 7.79. The van der Waals surface area contributed by atoms with Crippen LogP contribution in [0.4, 0.5) is 0 Å². The molecule has 0 heterocycles. The summed E-state index contributed by atoms with van der Waals surface area (Å²) in [6.07, 6.45) is 0. The summed E-state index contributed by atoms with van der Waals surface area (Å²) in [4.78, 5) is 0. The molecule has 6 heteroatoms. The Morgan fingerprint density at radius 3 is 1.35 bits per heavy atom. The van der Waals surface area contributed by atoms with Crippen molar-refractivity contribution < 1.29 is 0 Å².